The third-order valence-corrected chi connectivity index (χ3v) is 5.94. The molecule has 168 valence electrons. The highest BCUT2D eigenvalue weighted by Gasteiger charge is 2.15. The number of rotatable bonds is 8. The number of halogens is 2. The maximum Gasteiger partial charge on any atom is 0.243 e. The molecule has 3 aromatic carbocycles. The second kappa shape index (κ2) is 10.5. The number of aromatic nitrogens is 3. The van der Waals surface area contributed by atoms with E-state index in [-0.39, 0.29) is 23.4 Å². The molecule has 0 fully saturated rings. The highest BCUT2D eigenvalue weighted by molar-refractivity contribution is 7.99. The lowest BCUT2D eigenvalue weighted by Crippen LogP contribution is -2.15. The van der Waals surface area contributed by atoms with E-state index >= 15 is 0 Å². The molecule has 0 unspecified atom stereocenters. The molecule has 0 bridgehead atoms. The van der Waals surface area contributed by atoms with Crippen LogP contribution >= 0.6 is 23.4 Å². The van der Waals surface area contributed by atoms with Gasteiger partial charge in [-0.2, -0.15) is 4.98 Å². The Morgan fingerprint density at radius 2 is 1.88 bits per heavy atom. The number of hydrogen-bond acceptors (Lipinski definition) is 5. The van der Waals surface area contributed by atoms with Gasteiger partial charge in [0.15, 0.2) is 5.16 Å². The van der Waals surface area contributed by atoms with E-state index in [1.54, 1.807) is 23.9 Å². The molecule has 0 atom stereocenters. The summed E-state index contributed by atoms with van der Waals surface area (Å²) in [5.74, 6) is 0.249. The fraction of sp³-hybridized carbons (Fsp3) is 0.125. The maximum absolute atomic E-state index is 13.2. The lowest BCUT2D eigenvalue weighted by Gasteiger charge is -2.11. The zero-order valence-corrected chi connectivity index (χ0v) is 19.2. The smallest absolute Gasteiger partial charge is 0.243 e. The van der Waals surface area contributed by atoms with Crippen molar-refractivity contribution >= 4 is 35.0 Å². The molecule has 0 aliphatic carbocycles. The number of amides is 1. The molecule has 0 radical (unpaired) electrons. The summed E-state index contributed by atoms with van der Waals surface area (Å²) in [5, 5.41) is 7.88. The van der Waals surface area contributed by atoms with Crippen LogP contribution in [0.4, 0.5) is 10.1 Å². The number of nitrogens with zero attached hydrogens (tertiary/aromatic N) is 3. The van der Waals surface area contributed by atoms with E-state index < -0.39 is 0 Å². The van der Waals surface area contributed by atoms with Gasteiger partial charge in [0.2, 0.25) is 11.2 Å². The van der Waals surface area contributed by atoms with E-state index in [2.05, 4.69) is 15.4 Å². The van der Waals surface area contributed by atoms with E-state index in [4.69, 9.17) is 16.3 Å². The maximum atomic E-state index is 13.2. The van der Waals surface area contributed by atoms with Gasteiger partial charge in [-0.05, 0) is 70.9 Å². The molecule has 1 heterocycles. The molecule has 4 rings (SSSR count). The van der Waals surface area contributed by atoms with Crippen LogP contribution in [0.2, 0.25) is 5.28 Å². The molecular weight excluding hydrogens is 463 g/mol. The number of carbonyl (C=O) groups excluding carboxylic acids is 1. The minimum absolute atomic E-state index is 0.110. The molecule has 0 saturated carbocycles. The van der Waals surface area contributed by atoms with Crippen molar-refractivity contribution in [2.75, 3.05) is 12.4 Å². The van der Waals surface area contributed by atoms with Crippen molar-refractivity contribution in [3.63, 3.8) is 0 Å². The lowest BCUT2D eigenvalue weighted by molar-refractivity contribution is -0.115. The van der Waals surface area contributed by atoms with Crippen molar-refractivity contribution in [3.8, 4) is 5.75 Å². The second-order valence-corrected chi connectivity index (χ2v) is 8.47. The van der Waals surface area contributed by atoms with Crippen molar-refractivity contribution < 1.29 is 13.9 Å². The molecule has 0 saturated heterocycles. The zero-order valence-electron chi connectivity index (χ0n) is 17.7. The number of para-hydroxylation sites is 1. The molecule has 0 spiro atoms. The Morgan fingerprint density at radius 3 is 2.67 bits per heavy atom. The fourth-order valence-corrected chi connectivity index (χ4v) is 4.30. The van der Waals surface area contributed by atoms with Gasteiger partial charge in [-0.15, -0.1) is 5.10 Å². The number of carbonyl (C=O) groups is 1. The molecule has 6 nitrogen and oxygen atoms in total. The molecular formula is C24H20ClFN4O2S. The molecule has 0 aliphatic rings. The van der Waals surface area contributed by atoms with Gasteiger partial charge >= 0.3 is 0 Å². The lowest BCUT2D eigenvalue weighted by atomic mass is 10.1. The first-order valence-corrected chi connectivity index (χ1v) is 11.2. The van der Waals surface area contributed by atoms with E-state index in [9.17, 15) is 9.18 Å². The Bertz CT molecular complexity index is 1260. The van der Waals surface area contributed by atoms with Crippen LogP contribution in [0.3, 0.4) is 0 Å². The quantitative estimate of drug-likeness (QED) is 0.361. The summed E-state index contributed by atoms with van der Waals surface area (Å²) < 4.78 is 20.1. The van der Waals surface area contributed by atoms with Crippen LogP contribution in [0.25, 0.3) is 0 Å². The van der Waals surface area contributed by atoms with Crippen LogP contribution in [0.15, 0.2) is 82.8 Å². The number of hydrogen-bond donors (Lipinski definition) is 1. The summed E-state index contributed by atoms with van der Waals surface area (Å²) >= 11 is 7.40. The first kappa shape index (κ1) is 22.8. The van der Waals surface area contributed by atoms with Gasteiger partial charge in [-0.3, -0.25) is 4.79 Å². The normalized spacial score (nSPS) is 10.8. The SMILES string of the molecule is COc1cccc(CC(=O)Nc2ccccc2Sc2nc(Cl)nn2Cc2ccc(F)cc2)c1. The summed E-state index contributed by atoms with van der Waals surface area (Å²) in [7, 11) is 1.59. The zero-order chi connectivity index (χ0) is 23.2. The highest BCUT2D eigenvalue weighted by atomic mass is 35.5. The molecule has 33 heavy (non-hydrogen) atoms. The van der Waals surface area contributed by atoms with E-state index in [0.717, 1.165) is 16.0 Å². The van der Waals surface area contributed by atoms with Crippen molar-refractivity contribution in [2.24, 2.45) is 0 Å². The first-order chi connectivity index (χ1) is 16.0. The third-order valence-electron chi connectivity index (χ3n) is 4.72. The van der Waals surface area contributed by atoms with Crippen LogP contribution in [0, 0.1) is 5.82 Å². The van der Waals surface area contributed by atoms with Gasteiger partial charge in [0.05, 0.1) is 25.8 Å². The minimum Gasteiger partial charge on any atom is -0.497 e. The minimum atomic E-state index is -0.302. The summed E-state index contributed by atoms with van der Waals surface area (Å²) in [6, 6.07) is 21.0. The van der Waals surface area contributed by atoms with E-state index in [1.165, 1.54) is 23.9 Å². The number of methoxy groups -OCH3 is 1. The topological polar surface area (TPSA) is 69.0 Å². The average Bonchev–Trinajstić information content (AvgIpc) is 3.15. The van der Waals surface area contributed by atoms with Crippen molar-refractivity contribution in [1.82, 2.24) is 14.8 Å². The highest BCUT2D eigenvalue weighted by Crippen LogP contribution is 2.33. The van der Waals surface area contributed by atoms with E-state index in [0.29, 0.717) is 23.1 Å². The third kappa shape index (κ3) is 6.12. The predicted octanol–water partition coefficient (Wildman–Crippen LogP) is 5.46. The molecule has 4 aromatic rings. The Kier molecular flexibility index (Phi) is 7.26. The summed E-state index contributed by atoms with van der Waals surface area (Å²) in [6.45, 7) is 0.382. The number of nitrogens with one attached hydrogen (secondary N) is 1. The van der Waals surface area contributed by atoms with Crippen LogP contribution in [0.1, 0.15) is 11.1 Å². The van der Waals surface area contributed by atoms with Gasteiger partial charge in [-0.25, -0.2) is 9.07 Å². The fourth-order valence-electron chi connectivity index (χ4n) is 3.16. The molecule has 1 amide bonds. The van der Waals surface area contributed by atoms with Crippen molar-refractivity contribution in [1.29, 1.82) is 0 Å². The monoisotopic (exact) mass is 482 g/mol. The van der Waals surface area contributed by atoms with Crippen LogP contribution in [-0.2, 0) is 17.8 Å². The largest absolute Gasteiger partial charge is 0.497 e. The molecule has 0 aliphatic heterocycles. The van der Waals surface area contributed by atoms with Crippen LogP contribution < -0.4 is 10.1 Å². The van der Waals surface area contributed by atoms with Gasteiger partial charge < -0.3 is 10.1 Å². The molecule has 1 aromatic heterocycles. The van der Waals surface area contributed by atoms with Crippen molar-refractivity contribution in [3.05, 3.63) is 95.0 Å². The Balaban J connectivity index is 1.50. The molecule has 9 heteroatoms. The Morgan fingerprint density at radius 1 is 1.09 bits per heavy atom. The van der Waals surface area contributed by atoms with Gasteiger partial charge in [0.25, 0.3) is 0 Å². The standard InChI is InChI=1S/C24H20ClFN4O2S/c1-32-19-6-4-5-17(13-19)14-22(31)27-20-7-2-3-8-21(20)33-24-28-23(25)29-30(24)15-16-9-11-18(26)12-10-16/h2-13H,14-15H2,1H3,(H,27,31). The number of ether oxygens (including phenoxy) is 1. The van der Waals surface area contributed by atoms with Gasteiger partial charge in [-0.1, -0.05) is 36.4 Å². The summed E-state index contributed by atoms with van der Waals surface area (Å²) in [4.78, 5) is 17.8. The van der Waals surface area contributed by atoms with Crippen LogP contribution in [-0.4, -0.2) is 27.8 Å². The number of benzene rings is 3. The van der Waals surface area contributed by atoms with Crippen molar-refractivity contribution in [2.45, 2.75) is 23.0 Å². The van der Waals surface area contributed by atoms with Crippen LogP contribution in [0.5, 0.6) is 5.75 Å². The Hall–Kier alpha value is -3.36. The first-order valence-electron chi connectivity index (χ1n) is 10.0. The van der Waals surface area contributed by atoms with E-state index in [1.807, 2.05) is 48.5 Å². The second-order valence-electron chi connectivity index (χ2n) is 7.12. The summed E-state index contributed by atoms with van der Waals surface area (Å²) in [5.41, 5.74) is 2.37. The average molecular weight is 483 g/mol. The molecule has 1 N–H and O–H groups in total. The number of anilines is 1. The summed E-state index contributed by atoms with van der Waals surface area (Å²) in [6.07, 6.45) is 0.211. The Labute approximate surface area is 199 Å². The predicted molar refractivity (Wildman–Crippen MR) is 126 cm³/mol. The van der Waals surface area contributed by atoms with Gasteiger partial charge in [0.1, 0.15) is 11.6 Å². The van der Waals surface area contributed by atoms with Gasteiger partial charge in [0, 0.05) is 4.90 Å².